The lowest BCUT2D eigenvalue weighted by Gasteiger charge is -2.22. The highest BCUT2D eigenvalue weighted by molar-refractivity contribution is 6.32. The van der Waals surface area contributed by atoms with E-state index in [0.29, 0.717) is 36.0 Å². The predicted octanol–water partition coefficient (Wildman–Crippen LogP) is 3.12. The zero-order valence-electron chi connectivity index (χ0n) is 14.7. The number of carbonyl (C=O) groups is 2. The molecule has 0 bridgehead atoms. The van der Waals surface area contributed by atoms with E-state index in [4.69, 9.17) is 16.3 Å². The van der Waals surface area contributed by atoms with E-state index in [9.17, 15) is 14.0 Å². The smallest absolute Gasteiger partial charge is 0.260 e. The van der Waals surface area contributed by atoms with Crippen LogP contribution in [0.3, 0.4) is 0 Å². The third-order valence-electron chi connectivity index (χ3n) is 4.45. The molecule has 2 aromatic rings. The molecule has 3 rings (SSSR count). The summed E-state index contributed by atoms with van der Waals surface area (Å²) in [5.41, 5.74) is 0.465. The normalized spacial score (nSPS) is 14.8. The van der Waals surface area contributed by atoms with Gasteiger partial charge in [-0.05, 0) is 18.2 Å². The second-order valence-corrected chi connectivity index (χ2v) is 6.66. The summed E-state index contributed by atoms with van der Waals surface area (Å²) in [4.78, 5) is 27.9. The minimum atomic E-state index is -0.337. The van der Waals surface area contributed by atoms with Crippen LogP contribution in [0.15, 0.2) is 48.5 Å². The Morgan fingerprint density at radius 2 is 1.81 bits per heavy atom. The Balaban J connectivity index is 1.57. The number of ether oxygens (including phenoxy) is 1. The van der Waals surface area contributed by atoms with Crippen molar-refractivity contribution < 1.29 is 18.7 Å². The molecular formula is C20H20ClFN2O3. The molecule has 1 aliphatic rings. The van der Waals surface area contributed by atoms with E-state index in [1.807, 2.05) is 0 Å². The van der Waals surface area contributed by atoms with E-state index in [-0.39, 0.29) is 37.2 Å². The van der Waals surface area contributed by atoms with Gasteiger partial charge >= 0.3 is 0 Å². The molecule has 5 nitrogen and oxygen atoms in total. The number of carbonyl (C=O) groups excluding carboxylic acids is 2. The summed E-state index contributed by atoms with van der Waals surface area (Å²) < 4.78 is 19.3. The van der Waals surface area contributed by atoms with Gasteiger partial charge in [-0.2, -0.15) is 0 Å². The molecule has 0 unspecified atom stereocenters. The maximum absolute atomic E-state index is 13.8. The molecule has 0 aliphatic carbocycles. The van der Waals surface area contributed by atoms with Crippen LogP contribution < -0.4 is 4.74 Å². The zero-order valence-corrected chi connectivity index (χ0v) is 15.5. The first-order valence-electron chi connectivity index (χ1n) is 8.71. The molecule has 0 spiro atoms. The first-order chi connectivity index (χ1) is 13.0. The standard InChI is InChI=1S/C20H20ClFN2O3/c21-16-6-2-4-8-18(16)27-14-20(26)23-10-9-19(25)24(12-11-23)13-15-5-1-3-7-17(15)22/h1-8H,9-14H2. The molecule has 142 valence electrons. The minimum Gasteiger partial charge on any atom is -0.482 e. The van der Waals surface area contributed by atoms with Crippen molar-refractivity contribution in [3.8, 4) is 5.75 Å². The quantitative estimate of drug-likeness (QED) is 0.788. The molecule has 0 atom stereocenters. The molecule has 7 heteroatoms. The van der Waals surface area contributed by atoms with Crippen molar-refractivity contribution in [1.82, 2.24) is 9.80 Å². The number of nitrogens with zero attached hydrogens (tertiary/aromatic N) is 2. The molecule has 0 saturated carbocycles. The fraction of sp³-hybridized carbons (Fsp3) is 0.300. The van der Waals surface area contributed by atoms with Crippen LogP contribution in [-0.4, -0.2) is 47.9 Å². The molecule has 1 saturated heterocycles. The highest BCUT2D eigenvalue weighted by atomic mass is 35.5. The minimum absolute atomic E-state index is 0.0967. The topological polar surface area (TPSA) is 49.9 Å². The van der Waals surface area contributed by atoms with Gasteiger partial charge in [0.05, 0.1) is 5.02 Å². The number of halogens is 2. The van der Waals surface area contributed by atoms with Crippen molar-refractivity contribution in [1.29, 1.82) is 0 Å². The van der Waals surface area contributed by atoms with Crippen LogP contribution in [0, 0.1) is 5.82 Å². The highest BCUT2D eigenvalue weighted by Crippen LogP contribution is 2.23. The van der Waals surface area contributed by atoms with Crippen LogP contribution in [0.5, 0.6) is 5.75 Å². The molecule has 0 N–H and O–H groups in total. The van der Waals surface area contributed by atoms with Crippen LogP contribution in [-0.2, 0) is 16.1 Å². The van der Waals surface area contributed by atoms with Gasteiger partial charge < -0.3 is 14.5 Å². The van der Waals surface area contributed by atoms with Crippen LogP contribution >= 0.6 is 11.6 Å². The van der Waals surface area contributed by atoms with Crippen LogP contribution in [0.4, 0.5) is 4.39 Å². The van der Waals surface area contributed by atoms with Crippen LogP contribution in [0.2, 0.25) is 5.02 Å². The van der Waals surface area contributed by atoms with Gasteiger partial charge in [0.1, 0.15) is 11.6 Å². The zero-order chi connectivity index (χ0) is 19.2. The fourth-order valence-electron chi connectivity index (χ4n) is 2.91. The van der Waals surface area contributed by atoms with Crippen molar-refractivity contribution in [2.45, 2.75) is 13.0 Å². The molecule has 0 aromatic heterocycles. The Morgan fingerprint density at radius 3 is 2.59 bits per heavy atom. The summed E-state index contributed by atoms with van der Waals surface area (Å²) in [5.74, 6) is -0.203. The monoisotopic (exact) mass is 390 g/mol. The van der Waals surface area contributed by atoms with Gasteiger partial charge in [0.2, 0.25) is 5.91 Å². The van der Waals surface area contributed by atoms with Crippen LogP contribution in [0.1, 0.15) is 12.0 Å². The molecule has 1 aliphatic heterocycles. The second kappa shape index (κ2) is 8.86. The maximum atomic E-state index is 13.8. The van der Waals surface area contributed by atoms with Gasteiger partial charge in [-0.3, -0.25) is 9.59 Å². The van der Waals surface area contributed by atoms with Crippen molar-refractivity contribution in [3.05, 3.63) is 64.9 Å². The van der Waals surface area contributed by atoms with Gasteiger partial charge in [-0.15, -0.1) is 0 Å². The number of rotatable bonds is 5. The highest BCUT2D eigenvalue weighted by Gasteiger charge is 2.24. The first kappa shape index (κ1) is 19.2. The third-order valence-corrected chi connectivity index (χ3v) is 4.76. The predicted molar refractivity (Wildman–Crippen MR) is 100.0 cm³/mol. The maximum Gasteiger partial charge on any atom is 0.260 e. The molecular weight excluding hydrogens is 371 g/mol. The van der Waals surface area contributed by atoms with E-state index < -0.39 is 0 Å². The van der Waals surface area contributed by atoms with Gasteiger partial charge in [0.15, 0.2) is 6.61 Å². The van der Waals surface area contributed by atoms with E-state index in [0.717, 1.165) is 0 Å². The van der Waals surface area contributed by atoms with Gasteiger partial charge in [0, 0.05) is 38.2 Å². The number of hydrogen-bond acceptors (Lipinski definition) is 3. The second-order valence-electron chi connectivity index (χ2n) is 6.26. The summed E-state index contributed by atoms with van der Waals surface area (Å²) in [6.07, 6.45) is 0.201. The lowest BCUT2D eigenvalue weighted by molar-refractivity contribution is -0.133. The Morgan fingerprint density at radius 1 is 1.07 bits per heavy atom. The lowest BCUT2D eigenvalue weighted by atomic mass is 10.2. The van der Waals surface area contributed by atoms with Gasteiger partial charge in [-0.25, -0.2) is 4.39 Å². The van der Waals surface area contributed by atoms with E-state index >= 15 is 0 Å². The Labute approximate surface area is 162 Å². The molecule has 27 heavy (non-hydrogen) atoms. The SMILES string of the molecule is O=C(COc1ccccc1Cl)N1CCC(=O)N(Cc2ccccc2F)CC1. The van der Waals surface area contributed by atoms with E-state index in [1.165, 1.54) is 6.07 Å². The van der Waals surface area contributed by atoms with Gasteiger partial charge in [0.25, 0.3) is 5.91 Å². The summed E-state index contributed by atoms with van der Waals surface area (Å²) in [6, 6.07) is 13.3. The van der Waals surface area contributed by atoms with E-state index in [2.05, 4.69) is 0 Å². The molecule has 0 radical (unpaired) electrons. The number of amides is 2. The molecule has 1 heterocycles. The molecule has 2 amide bonds. The van der Waals surface area contributed by atoms with Crippen LogP contribution in [0.25, 0.3) is 0 Å². The average molecular weight is 391 g/mol. The van der Waals surface area contributed by atoms with Crippen molar-refractivity contribution in [2.75, 3.05) is 26.2 Å². The largest absolute Gasteiger partial charge is 0.482 e. The fourth-order valence-corrected chi connectivity index (χ4v) is 3.10. The Hall–Kier alpha value is -2.60. The van der Waals surface area contributed by atoms with E-state index in [1.54, 1.807) is 52.3 Å². The Bertz CT molecular complexity index is 830. The first-order valence-corrected chi connectivity index (χ1v) is 9.08. The third kappa shape index (κ3) is 4.98. The average Bonchev–Trinajstić information content (AvgIpc) is 2.85. The lowest BCUT2D eigenvalue weighted by Crippen LogP contribution is -2.38. The molecule has 2 aromatic carbocycles. The van der Waals surface area contributed by atoms with Crippen molar-refractivity contribution >= 4 is 23.4 Å². The Kier molecular flexibility index (Phi) is 6.29. The van der Waals surface area contributed by atoms with Crippen molar-refractivity contribution in [3.63, 3.8) is 0 Å². The summed E-state index contributed by atoms with van der Waals surface area (Å²) in [7, 11) is 0. The summed E-state index contributed by atoms with van der Waals surface area (Å²) in [6.45, 7) is 1.10. The van der Waals surface area contributed by atoms with Crippen molar-refractivity contribution in [2.24, 2.45) is 0 Å². The number of para-hydroxylation sites is 1. The van der Waals surface area contributed by atoms with Gasteiger partial charge in [-0.1, -0.05) is 41.9 Å². The number of benzene rings is 2. The molecule has 1 fully saturated rings. The number of hydrogen-bond donors (Lipinski definition) is 0. The summed E-state index contributed by atoms with van der Waals surface area (Å²) in [5, 5.41) is 0.437. The summed E-state index contributed by atoms with van der Waals surface area (Å²) >= 11 is 6.02.